The van der Waals surface area contributed by atoms with Crippen molar-refractivity contribution in [2.45, 2.75) is 45.6 Å². The maximum atomic E-state index is 12.1. The summed E-state index contributed by atoms with van der Waals surface area (Å²) in [7, 11) is -3.36. The van der Waals surface area contributed by atoms with Crippen LogP contribution < -0.4 is 10.0 Å². The number of carbonyl (C=O) groups excluding carboxylic acids is 1. The fourth-order valence-electron chi connectivity index (χ4n) is 3.56. The van der Waals surface area contributed by atoms with E-state index in [1.165, 1.54) is 19.3 Å². The number of hydrogen-bond acceptors (Lipinski definition) is 3. The summed E-state index contributed by atoms with van der Waals surface area (Å²) in [5, 5.41) is 2.62. The van der Waals surface area contributed by atoms with Gasteiger partial charge in [0.2, 0.25) is 15.9 Å². The van der Waals surface area contributed by atoms with E-state index in [0.717, 1.165) is 12.3 Å². The predicted molar refractivity (Wildman–Crippen MR) is 74.0 cm³/mol. The van der Waals surface area contributed by atoms with Crippen LogP contribution in [0.1, 0.15) is 39.5 Å². The van der Waals surface area contributed by atoms with Gasteiger partial charge in [0.1, 0.15) is 0 Å². The predicted octanol–water partition coefficient (Wildman–Crippen LogP) is 0.867. The van der Waals surface area contributed by atoms with Crippen LogP contribution in [0.4, 0.5) is 0 Å². The molecule has 0 spiro atoms. The Morgan fingerprint density at radius 2 is 2.05 bits per heavy atom. The Labute approximate surface area is 115 Å². The lowest BCUT2D eigenvalue weighted by molar-refractivity contribution is -0.122. The van der Waals surface area contributed by atoms with Crippen molar-refractivity contribution in [1.29, 1.82) is 0 Å². The minimum Gasteiger partial charge on any atom is -0.355 e. The van der Waals surface area contributed by atoms with Crippen molar-refractivity contribution in [2.24, 2.45) is 17.8 Å². The highest BCUT2D eigenvalue weighted by atomic mass is 32.2. The maximum Gasteiger partial charge on any atom is 0.237 e. The average Bonchev–Trinajstić information content (AvgIpc) is 2.89. The lowest BCUT2D eigenvalue weighted by Crippen LogP contribution is -2.46. The molecule has 6 heteroatoms. The molecule has 2 aliphatic carbocycles. The molecular weight excluding hydrogens is 264 g/mol. The normalized spacial score (nSPS) is 31.4. The van der Waals surface area contributed by atoms with Crippen molar-refractivity contribution in [1.82, 2.24) is 10.0 Å². The van der Waals surface area contributed by atoms with Crippen molar-refractivity contribution in [3.8, 4) is 0 Å². The van der Waals surface area contributed by atoms with Gasteiger partial charge in [0, 0.05) is 6.54 Å². The molecule has 0 aromatic carbocycles. The molecule has 2 rings (SSSR count). The van der Waals surface area contributed by atoms with Crippen molar-refractivity contribution >= 4 is 15.9 Å². The first-order chi connectivity index (χ1) is 8.91. The monoisotopic (exact) mass is 288 g/mol. The molecule has 0 aliphatic heterocycles. The Kier molecular flexibility index (Phi) is 4.50. The van der Waals surface area contributed by atoms with Crippen LogP contribution in [0, 0.1) is 17.8 Å². The SMILES string of the molecule is CCNC(=O)[C@@H](C)NS(=O)(=O)C[C@H]1C[C@H]2CC[C@H]1C2. The van der Waals surface area contributed by atoms with Gasteiger partial charge in [-0.1, -0.05) is 6.42 Å². The van der Waals surface area contributed by atoms with Crippen LogP contribution in [0.2, 0.25) is 0 Å². The van der Waals surface area contributed by atoms with E-state index in [4.69, 9.17) is 0 Å². The zero-order chi connectivity index (χ0) is 14.0. The average molecular weight is 288 g/mol. The number of nitrogens with one attached hydrogen (secondary N) is 2. The molecule has 0 heterocycles. The second kappa shape index (κ2) is 5.79. The highest BCUT2D eigenvalue weighted by Crippen LogP contribution is 2.48. The Hall–Kier alpha value is -0.620. The van der Waals surface area contributed by atoms with Crippen molar-refractivity contribution < 1.29 is 13.2 Å². The van der Waals surface area contributed by atoms with Gasteiger partial charge < -0.3 is 5.32 Å². The molecule has 0 radical (unpaired) electrons. The summed E-state index contributed by atoms with van der Waals surface area (Å²) in [6.45, 7) is 3.91. The van der Waals surface area contributed by atoms with Crippen molar-refractivity contribution in [3.63, 3.8) is 0 Å². The molecule has 0 saturated heterocycles. The third kappa shape index (κ3) is 3.69. The fraction of sp³-hybridized carbons (Fsp3) is 0.923. The molecular formula is C13H24N2O3S. The summed E-state index contributed by atoms with van der Waals surface area (Å²) in [5.41, 5.74) is 0. The lowest BCUT2D eigenvalue weighted by atomic mass is 9.90. The highest BCUT2D eigenvalue weighted by Gasteiger charge is 2.41. The van der Waals surface area contributed by atoms with E-state index in [0.29, 0.717) is 12.5 Å². The van der Waals surface area contributed by atoms with Crippen molar-refractivity contribution in [3.05, 3.63) is 0 Å². The minimum atomic E-state index is -3.36. The number of fused-ring (bicyclic) bond motifs is 2. The molecule has 2 N–H and O–H groups in total. The number of likely N-dealkylation sites (N-methyl/N-ethyl adjacent to an activating group) is 1. The quantitative estimate of drug-likeness (QED) is 0.761. The first-order valence-electron chi connectivity index (χ1n) is 7.19. The standard InChI is InChI=1S/C13H24N2O3S/c1-3-14-13(16)9(2)15-19(17,18)8-12-7-10-4-5-11(12)6-10/h9-12,15H,3-8H2,1-2H3,(H,14,16)/t9-,10+,11+,12-/m1/s1. The minimum absolute atomic E-state index is 0.178. The molecule has 0 unspecified atom stereocenters. The van der Waals surface area contributed by atoms with Crippen LogP contribution in [0.25, 0.3) is 0 Å². The molecule has 0 aromatic rings. The molecule has 2 saturated carbocycles. The largest absolute Gasteiger partial charge is 0.355 e. The molecule has 2 aliphatic rings. The van der Waals surface area contributed by atoms with Gasteiger partial charge in [0.25, 0.3) is 0 Å². The smallest absolute Gasteiger partial charge is 0.237 e. The van der Waals surface area contributed by atoms with E-state index in [1.54, 1.807) is 6.92 Å². The second-order valence-corrected chi connectivity index (χ2v) is 7.75. The van der Waals surface area contributed by atoms with Crippen molar-refractivity contribution in [2.75, 3.05) is 12.3 Å². The Morgan fingerprint density at radius 3 is 2.58 bits per heavy atom. The third-order valence-corrected chi connectivity index (χ3v) is 6.00. The summed E-state index contributed by atoms with van der Waals surface area (Å²) in [5.74, 6) is 1.53. The van der Waals surface area contributed by atoms with Gasteiger partial charge in [0.05, 0.1) is 11.8 Å². The van der Waals surface area contributed by atoms with Crippen LogP contribution >= 0.6 is 0 Å². The Balaban J connectivity index is 1.86. The molecule has 5 nitrogen and oxygen atoms in total. The molecule has 19 heavy (non-hydrogen) atoms. The van der Waals surface area contributed by atoms with Gasteiger partial charge in [0.15, 0.2) is 0 Å². The number of rotatable bonds is 6. The van der Waals surface area contributed by atoms with Gasteiger partial charge >= 0.3 is 0 Å². The van der Waals surface area contributed by atoms with Crippen LogP contribution in [0.5, 0.6) is 0 Å². The maximum absolute atomic E-state index is 12.1. The van der Waals surface area contributed by atoms with Gasteiger partial charge in [-0.3, -0.25) is 4.79 Å². The summed E-state index contributed by atoms with van der Waals surface area (Å²) >= 11 is 0. The first-order valence-corrected chi connectivity index (χ1v) is 8.84. The second-order valence-electron chi connectivity index (χ2n) is 5.95. The third-order valence-electron chi connectivity index (χ3n) is 4.42. The molecule has 2 bridgehead atoms. The number of hydrogen-bond donors (Lipinski definition) is 2. The highest BCUT2D eigenvalue weighted by molar-refractivity contribution is 7.89. The van der Waals surface area contributed by atoms with E-state index >= 15 is 0 Å². The van der Waals surface area contributed by atoms with Gasteiger partial charge in [-0.05, 0) is 50.9 Å². The molecule has 0 aromatic heterocycles. The van der Waals surface area contributed by atoms with E-state index in [9.17, 15) is 13.2 Å². The number of carbonyl (C=O) groups is 1. The summed E-state index contributed by atoms with van der Waals surface area (Å²) < 4.78 is 26.7. The summed E-state index contributed by atoms with van der Waals surface area (Å²) in [4.78, 5) is 11.5. The van der Waals surface area contributed by atoms with Gasteiger partial charge in [-0.25, -0.2) is 13.1 Å². The lowest BCUT2D eigenvalue weighted by Gasteiger charge is -2.22. The summed E-state index contributed by atoms with van der Waals surface area (Å²) in [6.07, 6.45) is 4.69. The van der Waals surface area contributed by atoms with Crippen LogP contribution in [-0.4, -0.2) is 32.7 Å². The van der Waals surface area contributed by atoms with Crippen LogP contribution in [0.15, 0.2) is 0 Å². The van der Waals surface area contributed by atoms with Crippen LogP contribution in [0.3, 0.4) is 0 Å². The molecule has 4 atom stereocenters. The van der Waals surface area contributed by atoms with Gasteiger partial charge in [-0.15, -0.1) is 0 Å². The Morgan fingerprint density at radius 1 is 1.32 bits per heavy atom. The molecule has 110 valence electrons. The Bertz CT molecular complexity index is 435. The van der Waals surface area contributed by atoms with Crippen LogP contribution in [-0.2, 0) is 14.8 Å². The van der Waals surface area contributed by atoms with Gasteiger partial charge in [-0.2, -0.15) is 0 Å². The fourth-order valence-corrected chi connectivity index (χ4v) is 5.27. The van der Waals surface area contributed by atoms with E-state index in [-0.39, 0.29) is 17.6 Å². The topological polar surface area (TPSA) is 75.3 Å². The molecule has 1 amide bonds. The first kappa shape index (κ1) is 14.8. The van der Waals surface area contributed by atoms with E-state index in [2.05, 4.69) is 10.0 Å². The van der Waals surface area contributed by atoms with E-state index < -0.39 is 16.1 Å². The summed E-state index contributed by atoms with van der Waals surface area (Å²) in [6, 6.07) is -0.691. The molecule has 2 fully saturated rings. The number of sulfonamides is 1. The zero-order valence-corrected chi connectivity index (χ0v) is 12.5. The zero-order valence-electron chi connectivity index (χ0n) is 11.7. The number of amides is 1. The van der Waals surface area contributed by atoms with E-state index in [1.807, 2.05) is 6.92 Å².